The molecule has 0 saturated carbocycles. The molecule has 34 heavy (non-hydrogen) atoms. The second kappa shape index (κ2) is 10.3. The number of aliphatic carboxylic acids is 1. The number of likely N-dealkylation sites (tertiary alicyclic amines) is 1. The van der Waals surface area contributed by atoms with Crippen molar-refractivity contribution in [2.45, 2.75) is 45.1 Å². The monoisotopic (exact) mass is 464 g/mol. The number of carboxylic acid groups (broad SMARTS) is 1. The lowest BCUT2D eigenvalue weighted by molar-refractivity contribution is -0.156. The molecule has 0 spiro atoms. The number of nitrogens with one attached hydrogen (secondary N) is 1. The van der Waals surface area contributed by atoms with Crippen molar-refractivity contribution in [2.24, 2.45) is 11.8 Å². The number of fused-ring (bicyclic) bond motifs is 3. The van der Waals surface area contributed by atoms with Crippen molar-refractivity contribution in [2.75, 3.05) is 19.7 Å². The van der Waals surface area contributed by atoms with E-state index in [0.717, 1.165) is 17.5 Å². The summed E-state index contributed by atoms with van der Waals surface area (Å²) in [7, 11) is 0. The lowest BCUT2D eigenvalue weighted by atomic mass is 9.85. The van der Waals surface area contributed by atoms with E-state index in [2.05, 4.69) is 29.6 Å². The van der Waals surface area contributed by atoms with E-state index in [1.165, 1.54) is 16.0 Å². The van der Waals surface area contributed by atoms with Gasteiger partial charge in [0.2, 0.25) is 5.91 Å². The average molecular weight is 465 g/mol. The molecule has 3 unspecified atom stereocenters. The highest BCUT2D eigenvalue weighted by Crippen LogP contribution is 2.44. The third kappa shape index (κ3) is 4.93. The Balaban J connectivity index is 1.25. The number of piperidine rings is 1. The van der Waals surface area contributed by atoms with Crippen LogP contribution in [0.1, 0.15) is 50.2 Å². The number of hydrogen-bond donors (Lipinski definition) is 2. The summed E-state index contributed by atoms with van der Waals surface area (Å²) in [6, 6.07) is 15.5. The third-order valence-electron chi connectivity index (χ3n) is 6.91. The molecule has 1 fully saturated rings. The number of alkyl carbamates (subject to hydrolysis) is 1. The molecule has 2 aliphatic rings. The summed E-state index contributed by atoms with van der Waals surface area (Å²) in [5, 5.41) is 12.3. The van der Waals surface area contributed by atoms with Gasteiger partial charge in [0.1, 0.15) is 12.6 Å². The number of ether oxygens (including phenoxy) is 1. The van der Waals surface area contributed by atoms with Gasteiger partial charge < -0.3 is 20.1 Å². The van der Waals surface area contributed by atoms with Gasteiger partial charge in [-0.05, 0) is 46.9 Å². The molecule has 4 rings (SSSR count). The first kappa shape index (κ1) is 23.8. The van der Waals surface area contributed by atoms with Gasteiger partial charge in [0.15, 0.2) is 0 Å². The first-order valence-corrected chi connectivity index (χ1v) is 12.0. The van der Waals surface area contributed by atoms with Crippen LogP contribution in [-0.2, 0) is 14.3 Å². The molecular formula is C27H32N2O5. The van der Waals surface area contributed by atoms with Crippen LogP contribution in [0.5, 0.6) is 0 Å². The van der Waals surface area contributed by atoms with Gasteiger partial charge in [-0.1, -0.05) is 62.4 Å². The topological polar surface area (TPSA) is 95.9 Å². The maximum Gasteiger partial charge on any atom is 0.407 e. The number of carbonyl (C=O) groups excluding carboxylic acids is 2. The van der Waals surface area contributed by atoms with Crippen LogP contribution in [0.3, 0.4) is 0 Å². The predicted octanol–water partition coefficient (Wildman–Crippen LogP) is 4.26. The van der Waals surface area contributed by atoms with Crippen molar-refractivity contribution in [3.63, 3.8) is 0 Å². The lowest BCUT2D eigenvalue weighted by Gasteiger charge is -2.40. The number of hydrogen-bond acceptors (Lipinski definition) is 4. The average Bonchev–Trinajstić information content (AvgIpc) is 3.13. The maximum atomic E-state index is 12.7. The molecule has 1 aliphatic heterocycles. The van der Waals surface area contributed by atoms with Gasteiger partial charge in [-0.2, -0.15) is 0 Å². The minimum Gasteiger partial charge on any atom is -0.480 e. The Bertz CT molecular complexity index is 1020. The van der Waals surface area contributed by atoms with Crippen LogP contribution in [0.4, 0.5) is 4.79 Å². The van der Waals surface area contributed by atoms with Gasteiger partial charge in [-0.15, -0.1) is 0 Å². The molecule has 0 bridgehead atoms. The summed E-state index contributed by atoms with van der Waals surface area (Å²) in [6.45, 7) is 4.91. The molecule has 1 saturated heterocycles. The van der Waals surface area contributed by atoms with Gasteiger partial charge in [0, 0.05) is 25.4 Å². The van der Waals surface area contributed by atoms with Crippen molar-refractivity contribution in [3.8, 4) is 11.1 Å². The molecule has 1 heterocycles. The summed E-state index contributed by atoms with van der Waals surface area (Å²) in [6.07, 6.45) is 0.893. The van der Waals surface area contributed by atoms with Crippen LogP contribution in [0.2, 0.25) is 0 Å². The van der Waals surface area contributed by atoms with Crippen molar-refractivity contribution >= 4 is 18.0 Å². The molecule has 3 atom stereocenters. The molecule has 2 amide bonds. The Labute approximate surface area is 200 Å². The molecular weight excluding hydrogens is 432 g/mol. The normalized spacial score (nSPS) is 21.5. The highest BCUT2D eigenvalue weighted by Gasteiger charge is 2.39. The number of nitrogens with zero attached hydrogens (tertiary/aromatic N) is 1. The van der Waals surface area contributed by atoms with Crippen LogP contribution in [-0.4, -0.2) is 53.7 Å². The Morgan fingerprint density at radius 3 is 2.26 bits per heavy atom. The molecule has 0 aromatic heterocycles. The van der Waals surface area contributed by atoms with Gasteiger partial charge in [-0.25, -0.2) is 9.59 Å². The zero-order chi connectivity index (χ0) is 24.2. The smallest absolute Gasteiger partial charge is 0.407 e. The van der Waals surface area contributed by atoms with Crippen molar-refractivity contribution in [1.29, 1.82) is 0 Å². The fraction of sp³-hybridized carbons (Fsp3) is 0.444. The largest absolute Gasteiger partial charge is 0.480 e. The van der Waals surface area contributed by atoms with Gasteiger partial charge in [0.25, 0.3) is 0 Å². The summed E-state index contributed by atoms with van der Waals surface area (Å²) < 4.78 is 5.52. The van der Waals surface area contributed by atoms with Gasteiger partial charge >= 0.3 is 12.1 Å². The first-order chi connectivity index (χ1) is 16.4. The summed E-state index contributed by atoms with van der Waals surface area (Å²) >= 11 is 0. The Kier molecular flexibility index (Phi) is 7.20. The van der Waals surface area contributed by atoms with Crippen LogP contribution < -0.4 is 5.32 Å². The maximum absolute atomic E-state index is 12.7. The van der Waals surface area contributed by atoms with E-state index >= 15 is 0 Å². The standard InChI is InChI=1S/C27H32N2O5/c1-17-14-18(2)25(26(31)32)29(15-17)24(30)12-7-13-28-27(33)34-16-23-21-10-5-3-8-19(21)20-9-4-6-11-22(20)23/h3-6,8-11,17-18,23,25H,7,12-16H2,1-2H3,(H,28,33)(H,31,32). The van der Waals surface area contributed by atoms with Crippen molar-refractivity contribution in [3.05, 3.63) is 59.7 Å². The van der Waals surface area contributed by atoms with E-state index in [1.807, 2.05) is 38.1 Å². The van der Waals surface area contributed by atoms with Crippen LogP contribution in [0.25, 0.3) is 11.1 Å². The Morgan fingerprint density at radius 1 is 1.03 bits per heavy atom. The summed E-state index contributed by atoms with van der Waals surface area (Å²) in [5.41, 5.74) is 4.65. The SMILES string of the molecule is CC1CC(C)C(C(=O)O)N(C(=O)CCCNC(=O)OCC2c3ccccc3-c3ccccc32)C1. The third-order valence-corrected chi connectivity index (χ3v) is 6.91. The molecule has 180 valence electrons. The van der Waals surface area contributed by atoms with E-state index < -0.39 is 18.1 Å². The summed E-state index contributed by atoms with van der Waals surface area (Å²) in [4.78, 5) is 38.2. The second-order valence-corrected chi connectivity index (χ2v) is 9.50. The zero-order valence-electron chi connectivity index (χ0n) is 19.7. The Morgan fingerprint density at radius 2 is 1.65 bits per heavy atom. The van der Waals surface area contributed by atoms with Gasteiger partial charge in [0.05, 0.1) is 0 Å². The molecule has 2 aromatic rings. The number of carbonyl (C=O) groups is 3. The quantitative estimate of drug-likeness (QED) is 0.597. The number of amides is 2. The molecule has 1 aliphatic carbocycles. The van der Waals surface area contributed by atoms with E-state index in [4.69, 9.17) is 4.74 Å². The predicted molar refractivity (Wildman–Crippen MR) is 128 cm³/mol. The minimum atomic E-state index is -0.954. The van der Waals surface area contributed by atoms with E-state index in [0.29, 0.717) is 19.5 Å². The molecule has 0 radical (unpaired) electrons. The van der Waals surface area contributed by atoms with Crippen LogP contribution >= 0.6 is 0 Å². The van der Waals surface area contributed by atoms with Gasteiger partial charge in [-0.3, -0.25) is 4.79 Å². The number of carboxylic acids is 1. The zero-order valence-corrected chi connectivity index (χ0v) is 19.7. The Hall–Kier alpha value is -3.35. The van der Waals surface area contributed by atoms with Crippen LogP contribution in [0.15, 0.2) is 48.5 Å². The second-order valence-electron chi connectivity index (χ2n) is 9.50. The summed E-state index contributed by atoms with van der Waals surface area (Å²) in [5.74, 6) is -0.946. The van der Waals surface area contributed by atoms with Crippen molar-refractivity contribution < 1.29 is 24.2 Å². The van der Waals surface area contributed by atoms with E-state index in [9.17, 15) is 19.5 Å². The number of benzene rings is 2. The van der Waals surface area contributed by atoms with E-state index in [1.54, 1.807) is 0 Å². The highest BCUT2D eigenvalue weighted by molar-refractivity contribution is 5.84. The first-order valence-electron chi connectivity index (χ1n) is 12.0. The van der Waals surface area contributed by atoms with Crippen LogP contribution in [0, 0.1) is 11.8 Å². The molecule has 2 N–H and O–H groups in total. The highest BCUT2D eigenvalue weighted by atomic mass is 16.5. The lowest BCUT2D eigenvalue weighted by Crippen LogP contribution is -2.54. The molecule has 2 aromatic carbocycles. The number of rotatable bonds is 7. The fourth-order valence-corrected chi connectivity index (χ4v) is 5.45. The fourth-order valence-electron chi connectivity index (χ4n) is 5.45. The molecule has 7 heteroatoms. The molecule has 7 nitrogen and oxygen atoms in total. The van der Waals surface area contributed by atoms with E-state index in [-0.39, 0.29) is 36.7 Å². The van der Waals surface area contributed by atoms with Crippen molar-refractivity contribution in [1.82, 2.24) is 10.2 Å². The minimum absolute atomic E-state index is 0.00393.